The maximum absolute atomic E-state index is 12.5. The first kappa shape index (κ1) is 14.2. The highest BCUT2D eigenvalue weighted by atomic mass is 32.2. The van der Waals surface area contributed by atoms with E-state index in [-0.39, 0.29) is 16.4 Å². The molecule has 2 heterocycles. The molecule has 0 amide bonds. The number of rotatable bonds is 3. The number of aromatic amines is 1. The third-order valence-corrected chi connectivity index (χ3v) is 6.55. The smallest absolute Gasteiger partial charge is 0.322 e. The van der Waals surface area contributed by atoms with Crippen molar-refractivity contribution in [3.05, 3.63) is 15.4 Å². The van der Waals surface area contributed by atoms with Crippen LogP contribution in [0.15, 0.2) is 9.00 Å². The van der Waals surface area contributed by atoms with Crippen molar-refractivity contribution >= 4 is 27.3 Å². The van der Waals surface area contributed by atoms with Gasteiger partial charge in [-0.25, -0.2) is 8.42 Å². The van der Waals surface area contributed by atoms with Crippen molar-refractivity contribution in [3.8, 4) is 0 Å². The number of aliphatic carboxylic acids is 1. The summed E-state index contributed by atoms with van der Waals surface area (Å²) in [5, 5.41) is 9.12. The number of aromatic nitrogens is 1. The first-order valence-corrected chi connectivity index (χ1v) is 8.04. The summed E-state index contributed by atoms with van der Waals surface area (Å²) in [5.74, 6) is -1.15. The van der Waals surface area contributed by atoms with E-state index in [1.165, 1.54) is 6.92 Å². The summed E-state index contributed by atoms with van der Waals surface area (Å²) in [5.41, 5.74) is 0.254. The molecule has 0 aromatic carbocycles. The zero-order valence-electron chi connectivity index (χ0n) is 10.2. The fourth-order valence-electron chi connectivity index (χ4n) is 2.18. The zero-order chi connectivity index (χ0) is 14.2. The minimum atomic E-state index is -3.93. The summed E-state index contributed by atoms with van der Waals surface area (Å²) >= 11 is 0.595. The molecule has 1 aliphatic heterocycles. The van der Waals surface area contributed by atoms with E-state index < -0.39 is 26.9 Å². The maximum Gasteiger partial charge on any atom is 0.322 e. The molecular formula is C10H14N2O5S2. The lowest BCUT2D eigenvalue weighted by Gasteiger charge is -2.31. The van der Waals surface area contributed by atoms with Crippen LogP contribution < -0.4 is 4.87 Å². The average molecular weight is 306 g/mol. The van der Waals surface area contributed by atoms with E-state index in [0.717, 1.165) is 4.31 Å². The molecule has 0 bridgehead atoms. The fraction of sp³-hybridized carbons (Fsp3) is 0.600. The molecule has 0 aliphatic carbocycles. The van der Waals surface area contributed by atoms with E-state index in [2.05, 4.69) is 4.98 Å². The Labute approximate surface area is 113 Å². The molecule has 1 saturated heterocycles. The quantitative estimate of drug-likeness (QED) is 0.839. The lowest BCUT2D eigenvalue weighted by Crippen LogP contribution is -2.47. The van der Waals surface area contributed by atoms with Crippen molar-refractivity contribution in [2.45, 2.75) is 36.4 Å². The number of piperidine rings is 1. The highest BCUT2D eigenvalue weighted by Gasteiger charge is 2.39. The maximum atomic E-state index is 12.5. The third-order valence-electron chi connectivity index (χ3n) is 3.06. The van der Waals surface area contributed by atoms with Crippen LogP contribution in [-0.2, 0) is 14.8 Å². The van der Waals surface area contributed by atoms with Gasteiger partial charge in [-0.15, -0.1) is 0 Å². The van der Waals surface area contributed by atoms with Crippen molar-refractivity contribution in [2.24, 2.45) is 0 Å². The van der Waals surface area contributed by atoms with Gasteiger partial charge in [-0.2, -0.15) is 4.31 Å². The van der Waals surface area contributed by atoms with E-state index >= 15 is 0 Å². The van der Waals surface area contributed by atoms with Gasteiger partial charge in [-0.05, 0) is 26.2 Å². The first-order valence-electron chi connectivity index (χ1n) is 5.78. The summed E-state index contributed by atoms with van der Waals surface area (Å²) in [6.45, 7) is 1.66. The zero-order valence-corrected chi connectivity index (χ0v) is 11.9. The summed E-state index contributed by atoms with van der Waals surface area (Å²) in [6.07, 6.45) is 1.61. The summed E-state index contributed by atoms with van der Waals surface area (Å²) < 4.78 is 25.8. The minimum absolute atomic E-state index is 0.0920. The van der Waals surface area contributed by atoms with Crippen LogP contribution in [0.4, 0.5) is 0 Å². The van der Waals surface area contributed by atoms with Gasteiger partial charge in [0, 0.05) is 12.2 Å². The van der Waals surface area contributed by atoms with Gasteiger partial charge in [0.1, 0.15) is 6.04 Å². The Bertz CT molecular complexity index is 645. The van der Waals surface area contributed by atoms with Crippen LogP contribution in [0, 0.1) is 6.92 Å². The Kier molecular flexibility index (Phi) is 3.79. The average Bonchev–Trinajstić information content (AvgIpc) is 2.69. The lowest BCUT2D eigenvalue weighted by atomic mass is 10.1. The molecule has 1 aromatic heterocycles. The molecular weight excluding hydrogens is 292 g/mol. The van der Waals surface area contributed by atoms with Crippen molar-refractivity contribution in [2.75, 3.05) is 6.54 Å². The molecule has 1 aliphatic rings. The molecule has 1 fully saturated rings. The molecule has 106 valence electrons. The fourth-order valence-corrected chi connectivity index (χ4v) is 5.25. The predicted octanol–water partition coefficient (Wildman–Crippen LogP) is 0.373. The van der Waals surface area contributed by atoms with Crippen LogP contribution in [0.3, 0.4) is 0 Å². The van der Waals surface area contributed by atoms with Gasteiger partial charge in [-0.1, -0.05) is 11.3 Å². The van der Waals surface area contributed by atoms with Crippen LogP contribution in [0.25, 0.3) is 0 Å². The topological polar surface area (TPSA) is 108 Å². The Balaban J connectivity index is 2.45. The number of H-pyrrole nitrogens is 1. The standard InChI is InChI=1S/C10H14N2O5S2/c1-6-9(18-10(15)11-6)19(16,17)12-5-3-2-4-7(12)8(13)14/h7H,2-5H2,1H3,(H,11,15)(H,13,14)/t7-/m1/s1. The van der Waals surface area contributed by atoms with Gasteiger partial charge in [0.25, 0.3) is 10.0 Å². The van der Waals surface area contributed by atoms with Crippen LogP contribution in [0.5, 0.6) is 0 Å². The van der Waals surface area contributed by atoms with Crippen molar-refractivity contribution < 1.29 is 18.3 Å². The second kappa shape index (κ2) is 5.06. The van der Waals surface area contributed by atoms with E-state index in [0.29, 0.717) is 30.6 Å². The number of hydrogen-bond donors (Lipinski definition) is 2. The van der Waals surface area contributed by atoms with Gasteiger partial charge in [0.2, 0.25) is 0 Å². The van der Waals surface area contributed by atoms with Crippen LogP contribution in [-0.4, -0.2) is 41.4 Å². The van der Waals surface area contributed by atoms with Crippen LogP contribution >= 0.6 is 11.3 Å². The molecule has 7 nitrogen and oxygen atoms in total. The second-order valence-electron chi connectivity index (χ2n) is 4.39. The first-order chi connectivity index (χ1) is 8.84. The van der Waals surface area contributed by atoms with Gasteiger partial charge in [-0.3, -0.25) is 9.59 Å². The molecule has 2 rings (SSSR count). The number of sulfonamides is 1. The van der Waals surface area contributed by atoms with Gasteiger partial charge < -0.3 is 10.1 Å². The highest BCUT2D eigenvalue weighted by Crippen LogP contribution is 2.28. The molecule has 19 heavy (non-hydrogen) atoms. The SMILES string of the molecule is Cc1[nH]c(=O)sc1S(=O)(=O)N1CCCC[C@@H]1C(=O)O. The summed E-state index contributed by atoms with van der Waals surface area (Å²) in [7, 11) is -3.93. The summed E-state index contributed by atoms with van der Waals surface area (Å²) in [6, 6.07) is -1.05. The number of carboxylic acid groups (broad SMARTS) is 1. The minimum Gasteiger partial charge on any atom is -0.480 e. The number of carbonyl (C=O) groups is 1. The van der Waals surface area contributed by atoms with E-state index in [1.807, 2.05) is 0 Å². The molecule has 2 N–H and O–H groups in total. The Morgan fingerprint density at radius 2 is 2.16 bits per heavy atom. The number of aryl methyl sites for hydroxylation is 1. The number of nitrogens with zero attached hydrogens (tertiary/aromatic N) is 1. The van der Waals surface area contributed by atoms with Crippen molar-refractivity contribution in [3.63, 3.8) is 0 Å². The second-order valence-corrected chi connectivity index (χ2v) is 7.46. The third kappa shape index (κ3) is 2.58. The molecule has 0 radical (unpaired) electrons. The lowest BCUT2D eigenvalue weighted by molar-refractivity contribution is -0.142. The number of carboxylic acids is 1. The van der Waals surface area contributed by atoms with Gasteiger partial charge in [0.05, 0.1) is 0 Å². The Hall–Kier alpha value is -1.19. The Morgan fingerprint density at radius 1 is 1.47 bits per heavy atom. The van der Waals surface area contributed by atoms with Crippen molar-refractivity contribution in [1.29, 1.82) is 0 Å². The van der Waals surface area contributed by atoms with Gasteiger partial charge >= 0.3 is 10.8 Å². The molecule has 1 aromatic rings. The molecule has 9 heteroatoms. The highest BCUT2D eigenvalue weighted by molar-refractivity contribution is 7.91. The molecule has 0 spiro atoms. The van der Waals surface area contributed by atoms with E-state index in [1.54, 1.807) is 0 Å². The molecule has 0 saturated carbocycles. The molecule has 0 unspecified atom stereocenters. The number of hydrogen-bond acceptors (Lipinski definition) is 5. The monoisotopic (exact) mass is 306 g/mol. The van der Waals surface area contributed by atoms with E-state index in [4.69, 9.17) is 5.11 Å². The van der Waals surface area contributed by atoms with Crippen molar-refractivity contribution in [1.82, 2.24) is 9.29 Å². The Morgan fingerprint density at radius 3 is 2.68 bits per heavy atom. The molecule has 1 atom stereocenters. The largest absolute Gasteiger partial charge is 0.480 e. The number of nitrogens with one attached hydrogen (secondary N) is 1. The van der Waals surface area contributed by atoms with Gasteiger partial charge in [0.15, 0.2) is 4.21 Å². The van der Waals surface area contributed by atoms with E-state index in [9.17, 15) is 18.0 Å². The van der Waals surface area contributed by atoms with Crippen LogP contribution in [0.1, 0.15) is 25.0 Å². The predicted molar refractivity (Wildman–Crippen MR) is 68.8 cm³/mol. The normalized spacial score (nSPS) is 21.4. The number of thiazole rings is 1. The van der Waals surface area contributed by atoms with Crippen LogP contribution in [0.2, 0.25) is 0 Å². The summed E-state index contributed by atoms with van der Waals surface area (Å²) in [4.78, 5) is 24.3.